The fourth-order valence-corrected chi connectivity index (χ4v) is 5.35. The summed E-state index contributed by atoms with van der Waals surface area (Å²) in [4.78, 5) is 26.9. The van der Waals surface area contributed by atoms with Crippen molar-refractivity contribution in [2.45, 2.75) is 109 Å². The molecule has 0 bridgehead atoms. The standard InChI is InChI=1S/C28H45N3O4/c1-5-31(25-17-15-24(16-18-25)30-27(33)35-28(2,3)4)19-21-11-13-23(14-12-21)29-26(32)34-20-22-9-7-6-8-10-22/h6-10,21,23-25H,5,11-20H2,1-4H3,(H,29,32)(H,30,33). The van der Waals surface area contributed by atoms with Crippen LogP contribution in [0, 0.1) is 5.92 Å². The van der Waals surface area contributed by atoms with E-state index in [1.807, 2.05) is 51.1 Å². The van der Waals surface area contributed by atoms with Crippen molar-refractivity contribution in [3.8, 4) is 0 Å². The number of hydrogen-bond acceptors (Lipinski definition) is 5. The number of hydrogen-bond donors (Lipinski definition) is 2. The van der Waals surface area contributed by atoms with Gasteiger partial charge in [-0.2, -0.15) is 0 Å². The fraction of sp³-hybridized carbons (Fsp3) is 0.714. The second-order valence-electron chi connectivity index (χ2n) is 11.2. The largest absolute Gasteiger partial charge is 0.445 e. The van der Waals surface area contributed by atoms with Crippen LogP contribution < -0.4 is 10.6 Å². The molecule has 1 aromatic rings. The van der Waals surface area contributed by atoms with Crippen LogP contribution in [0.5, 0.6) is 0 Å². The van der Waals surface area contributed by atoms with Crippen LogP contribution in [0.25, 0.3) is 0 Å². The van der Waals surface area contributed by atoms with Gasteiger partial charge in [0.15, 0.2) is 0 Å². The summed E-state index contributed by atoms with van der Waals surface area (Å²) in [5, 5.41) is 6.10. The predicted molar refractivity (Wildman–Crippen MR) is 138 cm³/mol. The Morgan fingerprint density at radius 2 is 1.46 bits per heavy atom. The first-order chi connectivity index (χ1) is 16.7. The third-order valence-electron chi connectivity index (χ3n) is 7.21. The molecule has 2 saturated carbocycles. The topological polar surface area (TPSA) is 79.9 Å². The Balaban J connectivity index is 1.33. The van der Waals surface area contributed by atoms with Gasteiger partial charge in [0.2, 0.25) is 0 Å². The quantitative estimate of drug-likeness (QED) is 0.497. The van der Waals surface area contributed by atoms with E-state index in [1.165, 1.54) is 0 Å². The zero-order chi connectivity index (χ0) is 25.3. The van der Waals surface area contributed by atoms with E-state index in [2.05, 4.69) is 22.5 Å². The van der Waals surface area contributed by atoms with Crippen LogP contribution in [0.2, 0.25) is 0 Å². The van der Waals surface area contributed by atoms with Crippen LogP contribution in [0.1, 0.15) is 84.6 Å². The lowest BCUT2D eigenvalue weighted by atomic mass is 9.84. The maximum Gasteiger partial charge on any atom is 0.407 e. The third kappa shape index (κ3) is 9.71. The highest BCUT2D eigenvalue weighted by Crippen LogP contribution is 2.29. The van der Waals surface area contributed by atoms with Gasteiger partial charge in [-0.25, -0.2) is 9.59 Å². The average Bonchev–Trinajstić information content (AvgIpc) is 2.82. The van der Waals surface area contributed by atoms with Gasteiger partial charge < -0.3 is 25.0 Å². The van der Waals surface area contributed by atoms with Crippen LogP contribution in [0.3, 0.4) is 0 Å². The summed E-state index contributed by atoms with van der Waals surface area (Å²) in [7, 11) is 0. The molecule has 2 aliphatic carbocycles. The monoisotopic (exact) mass is 487 g/mol. The van der Waals surface area contributed by atoms with Crippen LogP contribution in [-0.4, -0.2) is 53.9 Å². The number of carbonyl (C=O) groups excluding carboxylic acids is 2. The van der Waals surface area contributed by atoms with Crippen molar-refractivity contribution in [2.24, 2.45) is 5.92 Å². The summed E-state index contributed by atoms with van der Waals surface area (Å²) in [6.45, 7) is 10.4. The summed E-state index contributed by atoms with van der Waals surface area (Å²) in [5.41, 5.74) is 0.540. The molecule has 2 aliphatic rings. The molecular formula is C28H45N3O4. The number of ether oxygens (including phenoxy) is 2. The number of benzene rings is 1. The lowest BCUT2D eigenvalue weighted by Gasteiger charge is -2.39. The van der Waals surface area contributed by atoms with Crippen molar-refractivity contribution in [3.05, 3.63) is 35.9 Å². The summed E-state index contributed by atoms with van der Waals surface area (Å²) in [6, 6.07) is 10.8. The molecule has 7 nitrogen and oxygen atoms in total. The summed E-state index contributed by atoms with van der Waals surface area (Å²) >= 11 is 0. The van der Waals surface area contributed by atoms with E-state index in [1.54, 1.807) is 0 Å². The van der Waals surface area contributed by atoms with Crippen LogP contribution in [0.15, 0.2) is 30.3 Å². The smallest absolute Gasteiger partial charge is 0.407 e. The van der Waals surface area contributed by atoms with Gasteiger partial charge in [-0.1, -0.05) is 37.3 Å². The number of nitrogens with one attached hydrogen (secondary N) is 2. The average molecular weight is 488 g/mol. The van der Waals surface area contributed by atoms with Crippen molar-refractivity contribution < 1.29 is 19.1 Å². The van der Waals surface area contributed by atoms with E-state index in [0.29, 0.717) is 18.6 Å². The molecule has 1 aromatic carbocycles. The van der Waals surface area contributed by atoms with Crippen molar-refractivity contribution in [1.82, 2.24) is 15.5 Å². The van der Waals surface area contributed by atoms with E-state index in [0.717, 1.165) is 70.0 Å². The highest BCUT2D eigenvalue weighted by molar-refractivity contribution is 5.68. The molecule has 2 fully saturated rings. The van der Waals surface area contributed by atoms with Crippen molar-refractivity contribution >= 4 is 12.2 Å². The first-order valence-electron chi connectivity index (χ1n) is 13.4. The zero-order valence-electron chi connectivity index (χ0n) is 22.1. The minimum atomic E-state index is -0.461. The number of nitrogens with zero attached hydrogens (tertiary/aromatic N) is 1. The summed E-state index contributed by atoms with van der Waals surface area (Å²) < 4.78 is 10.8. The van der Waals surface area contributed by atoms with E-state index in [4.69, 9.17) is 9.47 Å². The lowest BCUT2D eigenvalue weighted by molar-refractivity contribution is 0.0471. The number of amides is 2. The van der Waals surface area contributed by atoms with Gasteiger partial charge >= 0.3 is 12.2 Å². The Hall–Kier alpha value is -2.28. The number of rotatable bonds is 8. The molecule has 0 aliphatic heterocycles. The minimum absolute atomic E-state index is 0.207. The van der Waals surface area contributed by atoms with E-state index < -0.39 is 5.60 Å². The number of carbonyl (C=O) groups is 2. The molecule has 0 heterocycles. The molecule has 0 spiro atoms. The molecular weight excluding hydrogens is 442 g/mol. The minimum Gasteiger partial charge on any atom is -0.445 e. The first kappa shape index (κ1) is 27.3. The van der Waals surface area contributed by atoms with Gasteiger partial charge in [-0.15, -0.1) is 0 Å². The molecule has 196 valence electrons. The Morgan fingerprint density at radius 1 is 0.886 bits per heavy atom. The molecule has 0 aromatic heterocycles. The molecule has 3 rings (SSSR count). The third-order valence-corrected chi connectivity index (χ3v) is 7.21. The van der Waals surface area contributed by atoms with Gasteiger partial charge in [-0.3, -0.25) is 0 Å². The Morgan fingerprint density at radius 3 is 2.03 bits per heavy atom. The van der Waals surface area contributed by atoms with Crippen LogP contribution in [0.4, 0.5) is 9.59 Å². The van der Waals surface area contributed by atoms with Crippen molar-refractivity contribution in [3.63, 3.8) is 0 Å². The molecule has 7 heteroatoms. The van der Waals surface area contributed by atoms with E-state index in [-0.39, 0.29) is 24.3 Å². The summed E-state index contributed by atoms with van der Waals surface area (Å²) in [5.74, 6) is 0.672. The maximum atomic E-state index is 12.2. The molecule has 2 amide bonds. The Bertz CT molecular complexity index is 779. The summed E-state index contributed by atoms with van der Waals surface area (Å²) in [6.07, 6.45) is 7.89. The Labute approximate surface area is 211 Å². The molecule has 0 atom stereocenters. The van der Waals surface area contributed by atoms with Gasteiger partial charge in [0, 0.05) is 24.7 Å². The van der Waals surface area contributed by atoms with Gasteiger partial charge in [0.25, 0.3) is 0 Å². The van der Waals surface area contributed by atoms with Gasteiger partial charge in [0.1, 0.15) is 12.2 Å². The number of alkyl carbamates (subject to hydrolysis) is 2. The molecule has 2 N–H and O–H groups in total. The Kier molecular flexibility index (Phi) is 10.3. The highest BCUT2D eigenvalue weighted by atomic mass is 16.6. The first-order valence-corrected chi connectivity index (χ1v) is 13.4. The highest BCUT2D eigenvalue weighted by Gasteiger charge is 2.30. The predicted octanol–water partition coefficient (Wildman–Crippen LogP) is 5.63. The fourth-order valence-electron chi connectivity index (χ4n) is 5.35. The van der Waals surface area contributed by atoms with E-state index in [9.17, 15) is 9.59 Å². The zero-order valence-corrected chi connectivity index (χ0v) is 22.1. The lowest BCUT2D eigenvalue weighted by Crippen LogP contribution is -2.47. The van der Waals surface area contributed by atoms with Gasteiger partial charge in [0.05, 0.1) is 0 Å². The molecule has 0 saturated heterocycles. The maximum absolute atomic E-state index is 12.2. The van der Waals surface area contributed by atoms with E-state index >= 15 is 0 Å². The molecule has 0 unspecified atom stereocenters. The molecule has 0 radical (unpaired) electrons. The van der Waals surface area contributed by atoms with Crippen molar-refractivity contribution in [1.29, 1.82) is 0 Å². The second kappa shape index (κ2) is 13.1. The van der Waals surface area contributed by atoms with Crippen LogP contribution in [-0.2, 0) is 16.1 Å². The SMILES string of the molecule is CCN(CC1CCC(NC(=O)OCc2ccccc2)CC1)C1CCC(NC(=O)OC(C)(C)C)CC1. The van der Waals surface area contributed by atoms with Gasteiger partial charge in [-0.05, 0) is 90.2 Å². The normalized spacial score (nSPS) is 25.1. The molecule has 35 heavy (non-hydrogen) atoms. The van der Waals surface area contributed by atoms with Crippen LogP contribution >= 0.6 is 0 Å². The van der Waals surface area contributed by atoms with Crippen molar-refractivity contribution in [2.75, 3.05) is 13.1 Å². The second-order valence-corrected chi connectivity index (χ2v) is 11.2.